The predicted octanol–water partition coefficient (Wildman–Crippen LogP) is 4.27. The summed E-state index contributed by atoms with van der Waals surface area (Å²) in [4.78, 5) is 16.3. The number of fused-ring (bicyclic) bond motifs is 2. The smallest absolute Gasteiger partial charge is 0.274 e. The molecular weight excluding hydrogens is 342 g/mol. The number of para-hydroxylation sites is 2. The van der Waals surface area contributed by atoms with E-state index < -0.39 is 5.91 Å². The van der Waals surface area contributed by atoms with Gasteiger partial charge in [0.15, 0.2) is 5.75 Å². The normalized spacial score (nSPS) is 11.6. The third kappa shape index (κ3) is 3.38. The Labute approximate surface area is 156 Å². The van der Waals surface area contributed by atoms with Crippen molar-refractivity contribution >= 4 is 23.5 Å². The van der Waals surface area contributed by atoms with Crippen molar-refractivity contribution in [3.05, 3.63) is 83.4 Å². The summed E-state index contributed by atoms with van der Waals surface area (Å²) in [7, 11) is 0. The molecule has 0 saturated carbocycles. The Morgan fingerprint density at radius 3 is 2.63 bits per heavy atom. The zero-order chi connectivity index (χ0) is 18.6. The van der Waals surface area contributed by atoms with Crippen molar-refractivity contribution in [2.45, 2.75) is 6.54 Å². The third-order valence-corrected chi connectivity index (χ3v) is 4.32. The molecule has 1 amide bonds. The molecular formula is C21H17N3O3. The van der Waals surface area contributed by atoms with Gasteiger partial charge < -0.3 is 10.1 Å². The fraction of sp³-hybridized carbons (Fsp3) is 0.0476. The van der Waals surface area contributed by atoms with E-state index in [4.69, 9.17) is 9.94 Å². The van der Waals surface area contributed by atoms with Crippen LogP contribution in [0.15, 0.2) is 71.7 Å². The van der Waals surface area contributed by atoms with E-state index in [2.05, 4.69) is 10.3 Å². The molecule has 0 atom stereocenters. The number of nitrogens with one attached hydrogen (secondary N) is 2. The molecule has 6 heteroatoms. The van der Waals surface area contributed by atoms with E-state index in [9.17, 15) is 4.79 Å². The van der Waals surface area contributed by atoms with Crippen LogP contribution in [-0.2, 0) is 6.54 Å². The summed E-state index contributed by atoms with van der Waals surface area (Å²) >= 11 is 0. The van der Waals surface area contributed by atoms with Crippen LogP contribution < -0.4 is 15.5 Å². The molecule has 0 aromatic heterocycles. The molecule has 1 aliphatic rings. The van der Waals surface area contributed by atoms with Gasteiger partial charge in [-0.25, -0.2) is 5.48 Å². The summed E-state index contributed by atoms with van der Waals surface area (Å²) in [6.07, 6.45) is 1.77. The monoisotopic (exact) mass is 359 g/mol. The number of amides is 1. The highest BCUT2D eigenvalue weighted by Crippen LogP contribution is 2.37. The number of hydrogen-bond donors (Lipinski definition) is 3. The van der Waals surface area contributed by atoms with E-state index in [1.807, 2.05) is 54.6 Å². The topological polar surface area (TPSA) is 83.0 Å². The quantitative estimate of drug-likeness (QED) is 0.375. The number of nitrogens with zero attached hydrogens (tertiary/aromatic N) is 1. The van der Waals surface area contributed by atoms with Crippen molar-refractivity contribution < 1.29 is 14.7 Å². The first-order valence-electron chi connectivity index (χ1n) is 8.46. The average Bonchev–Trinajstić information content (AvgIpc) is 2.91. The van der Waals surface area contributed by atoms with Crippen LogP contribution in [0.1, 0.15) is 21.5 Å². The van der Waals surface area contributed by atoms with Crippen molar-refractivity contribution in [1.82, 2.24) is 5.48 Å². The maximum absolute atomic E-state index is 11.8. The lowest BCUT2D eigenvalue weighted by Gasteiger charge is -2.14. The van der Waals surface area contributed by atoms with E-state index in [1.54, 1.807) is 23.8 Å². The van der Waals surface area contributed by atoms with E-state index in [0.29, 0.717) is 23.6 Å². The summed E-state index contributed by atoms with van der Waals surface area (Å²) in [5.74, 6) is 0.865. The SMILES string of the molecule is O=C(NO)c1ccccc1CNc1cccc2c1C=Nc1ccccc1O2. The van der Waals surface area contributed by atoms with Gasteiger partial charge in [-0.15, -0.1) is 0 Å². The van der Waals surface area contributed by atoms with Gasteiger partial charge in [0.25, 0.3) is 5.91 Å². The summed E-state index contributed by atoms with van der Waals surface area (Å²) in [6.45, 7) is 0.404. The summed E-state index contributed by atoms with van der Waals surface area (Å²) in [5.41, 5.74) is 5.29. The van der Waals surface area contributed by atoms with Crippen molar-refractivity contribution in [2.75, 3.05) is 5.32 Å². The highest BCUT2D eigenvalue weighted by atomic mass is 16.5. The maximum Gasteiger partial charge on any atom is 0.274 e. The maximum atomic E-state index is 11.8. The first-order valence-corrected chi connectivity index (χ1v) is 8.46. The number of rotatable bonds is 4. The van der Waals surface area contributed by atoms with E-state index >= 15 is 0 Å². The minimum Gasteiger partial charge on any atom is -0.454 e. The number of aliphatic imine (C=N–C) groups is 1. The minimum absolute atomic E-state index is 0.404. The number of carbonyl (C=O) groups excluding carboxylic acids is 1. The van der Waals surface area contributed by atoms with Crippen LogP contribution in [0, 0.1) is 0 Å². The van der Waals surface area contributed by atoms with Gasteiger partial charge in [0, 0.05) is 24.0 Å². The van der Waals surface area contributed by atoms with E-state index in [1.165, 1.54) is 0 Å². The molecule has 134 valence electrons. The molecule has 3 N–H and O–H groups in total. The average molecular weight is 359 g/mol. The Morgan fingerprint density at radius 1 is 0.963 bits per heavy atom. The lowest BCUT2D eigenvalue weighted by molar-refractivity contribution is 0.0705. The molecule has 3 aromatic carbocycles. The molecule has 1 heterocycles. The van der Waals surface area contributed by atoms with Crippen LogP contribution >= 0.6 is 0 Å². The Kier molecular flexibility index (Phi) is 4.55. The van der Waals surface area contributed by atoms with Gasteiger partial charge in [-0.2, -0.15) is 0 Å². The van der Waals surface area contributed by atoms with Gasteiger partial charge in [0.2, 0.25) is 0 Å². The van der Waals surface area contributed by atoms with Gasteiger partial charge in [-0.1, -0.05) is 36.4 Å². The van der Waals surface area contributed by atoms with Crippen LogP contribution in [-0.4, -0.2) is 17.3 Å². The minimum atomic E-state index is -0.542. The van der Waals surface area contributed by atoms with Crippen LogP contribution in [0.5, 0.6) is 11.5 Å². The number of anilines is 1. The molecule has 0 unspecified atom stereocenters. The molecule has 1 aliphatic heterocycles. The molecule has 0 saturated heterocycles. The van der Waals surface area contributed by atoms with Crippen molar-refractivity contribution in [1.29, 1.82) is 0 Å². The fourth-order valence-electron chi connectivity index (χ4n) is 2.97. The van der Waals surface area contributed by atoms with Gasteiger partial charge in [-0.05, 0) is 35.9 Å². The second-order valence-corrected chi connectivity index (χ2v) is 6.00. The highest BCUT2D eigenvalue weighted by Gasteiger charge is 2.15. The molecule has 0 aliphatic carbocycles. The lowest BCUT2D eigenvalue weighted by atomic mass is 10.1. The van der Waals surface area contributed by atoms with E-state index in [0.717, 1.165) is 22.5 Å². The first kappa shape index (κ1) is 16.8. The van der Waals surface area contributed by atoms with Gasteiger partial charge in [0.05, 0.1) is 5.56 Å². The Morgan fingerprint density at radius 2 is 1.74 bits per heavy atom. The Balaban J connectivity index is 1.62. The molecule has 27 heavy (non-hydrogen) atoms. The number of benzene rings is 3. The summed E-state index contributed by atoms with van der Waals surface area (Å²) in [5, 5.41) is 12.2. The molecule has 3 aromatic rings. The van der Waals surface area contributed by atoms with Gasteiger partial charge in [0.1, 0.15) is 11.4 Å². The van der Waals surface area contributed by atoms with Gasteiger partial charge >= 0.3 is 0 Å². The number of hydroxylamine groups is 1. The van der Waals surface area contributed by atoms with Crippen LogP contribution in [0.3, 0.4) is 0 Å². The van der Waals surface area contributed by atoms with Crippen molar-refractivity contribution in [3.8, 4) is 11.5 Å². The zero-order valence-corrected chi connectivity index (χ0v) is 14.3. The van der Waals surface area contributed by atoms with Crippen LogP contribution in [0.2, 0.25) is 0 Å². The third-order valence-electron chi connectivity index (χ3n) is 4.32. The lowest BCUT2D eigenvalue weighted by Crippen LogP contribution is -2.21. The first-order chi connectivity index (χ1) is 13.3. The standard InChI is InChI=1S/C21H17N3O3/c25-21(24-26)15-7-2-1-6-14(15)12-22-17-9-5-11-19-16(17)13-23-18-8-3-4-10-20(18)27-19/h1-11,13,22,26H,12H2,(H,24,25). The summed E-state index contributed by atoms with van der Waals surface area (Å²) in [6, 6.07) is 20.4. The Bertz CT molecular complexity index is 1030. The second kappa shape index (κ2) is 7.31. The van der Waals surface area contributed by atoms with Gasteiger partial charge in [-0.3, -0.25) is 15.0 Å². The van der Waals surface area contributed by atoms with Crippen LogP contribution in [0.25, 0.3) is 0 Å². The number of carbonyl (C=O) groups is 1. The molecule has 6 nitrogen and oxygen atoms in total. The highest BCUT2D eigenvalue weighted by molar-refractivity contribution is 5.96. The van der Waals surface area contributed by atoms with Crippen molar-refractivity contribution in [3.63, 3.8) is 0 Å². The van der Waals surface area contributed by atoms with Crippen LogP contribution in [0.4, 0.5) is 11.4 Å². The summed E-state index contributed by atoms with van der Waals surface area (Å²) < 4.78 is 6.01. The second-order valence-electron chi connectivity index (χ2n) is 6.00. The Hall–Kier alpha value is -3.64. The number of ether oxygens (including phenoxy) is 1. The molecule has 0 radical (unpaired) electrons. The molecule has 0 fully saturated rings. The fourth-order valence-corrected chi connectivity index (χ4v) is 2.97. The molecule has 4 rings (SSSR count). The molecule has 0 bridgehead atoms. The largest absolute Gasteiger partial charge is 0.454 e. The predicted molar refractivity (Wildman–Crippen MR) is 103 cm³/mol. The number of hydrogen-bond acceptors (Lipinski definition) is 5. The van der Waals surface area contributed by atoms with E-state index in [-0.39, 0.29) is 0 Å². The van der Waals surface area contributed by atoms with Crippen molar-refractivity contribution in [2.24, 2.45) is 4.99 Å². The zero-order valence-electron chi connectivity index (χ0n) is 14.3. The molecule has 0 spiro atoms.